The molecule has 1 unspecified atom stereocenters. The molecule has 0 spiro atoms. The third-order valence-electron chi connectivity index (χ3n) is 4.94. The van der Waals surface area contributed by atoms with Crippen molar-refractivity contribution in [1.82, 2.24) is 15.6 Å². The minimum Gasteiger partial charge on any atom is -0.378 e. The Labute approximate surface area is 181 Å². The lowest BCUT2D eigenvalue weighted by molar-refractivity contribution is -0.118. The minimum absolute atomic E-state index is 0.233. The number of carbonyl (C=O) groups excluding carboxylic acids is 2. The van der Waals surface area contributed by atoms with Gasteiger partial charge in [0.25, 0.3) is 0 Å². The first-order chi connectivity index (χ1) is 15.0. The van der Waals surface area contributed by atoms with Gasteiger partial charge in [0.1, 0.15) is 17.7 Å². The summed E-state index contributed by atoms with van der Waals surface area (Å²) < 4.78 is 18.3. The molecule has 1 aromatic heterocycles. The van der Waals surface area contributed by atoms with Gasteiger partial charge in [-0.1, -0.05) is 25.5 Å². The fourth-order valence-electron chi connectivity index (χ4n) is 3.23. The van der Waals surface area contributed by atoms with Crippen molar-refractivity contribution >= 4 is 23.4 Å². The molecule has 31 heavy (non-hydrogen) atoms. The molecule has 3 N–H and O–H groups in total. The van der Waals surface area contributed by atoms with Crippen LogP contribution in [0, 0.1) is 5.82 Å². The van der Waals surface area contributed by atoms with E-state index < -0.39 is 12.1 Å². The summed E-state index contributed by atoms with van der Waals surface area (Å²) >= 11 is 0. The third-order valence-corrected chi connectivity index (χ3v) is 4.94. The van der Waals surface area contributed by atoms with E-state index in [1.165, 1.54) is 12.1 Å². The molecule has 8 nitrogen and oxygen atoms in total. The van der Waals surface area contributed by atoms with E-state index in [1.807, 2.05) is 13.0 Å². The Morgan fingerprint density at radius 2 is 1.90 bits per heavy atom. The second-order valence-corrected chi connectivity index (χ2v) is 7.29. The predicted octanol–water partition coefficient (Wildman–Crippen LogP) is 2.66. The molecule has 0 aliphatic carbocycles. The molecule has 2 heterocycles. The molecule has 3 rings (SSSR count). The Hall–Kier alpha value is -3.20. The molecular weight excluding hydrogens is 401 g/mol. The number of nitrogens with one attached hydrogen (secondary N) is 3. The Bertz CT molecular complexity index is 854. The summed E-state index contributed by atoms with van der Waals surface area (Å²) in [4.78, 5) is 31.4. The van der Waals surface area contributed by atoms with Crippen LogP contribution < -0.4 is 20.9 Å². The van der Waals surface area contributed by atoms with Gasteiger partial charge in [0, 0.05) is 19.6 Å². The van der Waals surface area contributed by atoms with Gasteiger partial charge < -0.3 is 25.6 Å². The first-order valence-corrected chi connectivity index (χ1v) is 10.4. The zero-order valence-corrected chi connectivity index (χ0v) is 17.6. The first kappa shape index (κ1) is 22.5. The van der Waals surface area contributed by atoms with Gasteiger partial charge in [0.15, 0.2) is 0 Å². The summed E-state index contributed by atoms with van der Waals surface area (Å²) in [6.07, 6.45) is 2.93. The van der Waals surface area contributed by atoms with Crippen LogP contribution >= 0.6 is 0 Å². The predicted molar refractivity (Wildman–Crippen MR) is 116 cm³/mol. The monoisotopic (exact) mass is 429 g/mol. The highest BCUT2D eigenvalue weighted by atomic mass is 19.1. The maximum Gasteiger partial charge on any atom is 0.315 e. The van der Waals surface area contributed by atoms with Crippen molar-refractivity contribution < 1.29 is 18.7 Å². The summed E-state index contributed by atoms with van der Waals surface area (Å²) in [5, 5.41) is 8.15. The number of aromatic nitrogens is 1. The van der Waals surface area contributed by atoms with Gasteiger partial charge in [-0.2, -0.15) is 0 Å². The molecular formula is C22H28FN5O3. The van der Waals surface area contributed by atoms with Gasteiger partial charge in [-0.15, -0.1) is 0 Å². The largest absolute Gasteiger partial charge is 0.378 e. The molecule has 0 radical (unpaired) electrons. The molecule has 1 fully saturated rings. The van der Waals surface area contributed by atoms with Gasteiger partial charge >= 0.3 is 6.03 Å². The molecule has 0 bridgehead atoms. The van der Waals surface area contributed by atoms with Crippen LogP contribution in [0.15, 0.2) is 42.6 Å². The van der Waals surface area contributed by atoms with E-state index in [2.05, 4.69) is 25.8 Å². The van der Waals surface area contributed by atoms with Crippen LogP contribution in [0.1, 0.15) is 25.3 Å². The van der Waals surface area contributed by atoms with Crippen LogP contribution in [0.25, 0.3) is 0 Å². The van der Waals surface area contributed by atoms with E-state index in [4.69, 9.17) is 4.74 Å². The van der Waals surface area contributed by atoms with Gasteiger partial charge in [0.2, 0.25) is 5.91 Å². The molecule has 1 aliphatic heterocycles. The lowest BCUT2D eigenvalue weighted by Crippen LogP contribution is -2.47. The average molecular weight is 429 g/mol. The zero-order chi connectivity index (χ0) is 22.1. The summed E-state index contributed by atoms with van der Waals surface area (Å²) in [6, 6.07) is 8.36. The van der Waals surface area contributed by atoms with Gasteiger partial charge in [0.05, 0.1) is 25.1 Å². The maximum atomic E-state index is 13.0. The zero-order valence-electron chi connectivity index (χ0n) is 17.6. The van der Waals surface area contributed by atoms with Crippen LogP contribution in [0.3, 0.4) is 0 Å². The fourth-order valence-corrected chi connectivity index (χ4v) is 3.23. The summed E-state index contributed by atoms with van der Waals surface area (Å²) in [6.45, 7) is 5.16. The van der Waals surface area contributed by atoms with Crippen LogP contribution in [0.5, 0.6) is 0 Å². The van der Waals surface area contributed by atoms with Crippen molar-refractivity contribution in [1.29, 1.82) is 0 Å². The van der Waals surface area contributed by atoms with Crippen molar-refractivity contribution in [2.45, 2.75) is 32.4 Å². The van der Waals surface area contributed by atoms with E-state index in [1.54, 1.807) is 24.4 Å². The number of rotatable bonds is 8. The minimum atomic E-state index is -0.695. The molecule has 166 valence electrons. The number of halogens is 1. The van der Waals surface area contributed by atoms with E-state index in [0.29, 0.717) is 25.5 Å². The molecule has 0 saturated carbocycles. The number of pyridine rings is 1. The number of carbonyl (C=O) groups is 2. The summed E-state index contributed by atoms with van der Waals surface area (Å²) in [5.74, 6) is -0.235. The number of morpholine rings is 1. The SMILES string of the molecule is CCCC(NC(=O)NCc1ccc(F)cc1)C(=O)Nc1ccc(N2CCOCC2)cn1. The number of urea groups is 1. The van der Waals surface area contributed by atoms with E-state index in [-0.39, 0.29) is 18.3 Å². The second kappa shape index (κ2) is 11.3. The van der Waals surface area contributed by atoms with E-state index in [9.17, 15) is 14.0 Å². The van der Waals surface area contributed by atoms with Crippen molar-refractivity contribution in [2.75, 3.05) is 36.5 Å². The third kappa shape index (κ3) is 6.92. The normalized spacial score (nSPS) is 14.6. The van der Waals surface area contributed by atoms with E-state index in [0.717, 1.165) is 30.8 Å². The van der Waals surface area contributed by atoms with Crippen LogP contribution in [-0.4, -0.2) is 49.3 Å². The Morgan fingerprint density at radius 1 is 1.16 bits per heavy atom. The van der Waals surface area contributed by atoms with Crippen molar-refractivity contribution in [2.24, 2.45) is 0 Å². The topological polar surface area (TPSA) is 95.6 Å². The molecule has 1 saturated heterocycles. The second-order valence-electron chi connectivity index (χ2n) is 7.29. The fraction of sp³-hybridized carbons (Fsp3) is 0.409. The molecule has 1 aromatic carbocycles. The van der Waals surface area contributed by atoms with E-state index >= 15 is 0 Å². The van der Waals surface area contributed by atoms with Crippen LogP contribution in [-0.2, 0) is 16.1 Å². The maximum absolute atomic E-state index is 13.0. The molecule has 1 aliphatic rings. The average Bonchev–Trinajstić information content (AvgIpc) is 2.79. The van der Waals surface area contributed by atoms with Crippen molar-refractivity contribution in [3.05, 3.63) is 54.0 Å². The number of nitrogens with zero attached hydrogens (tertiary/aromatic N) is 2. The van der Waals surface area contributed by atoms with Crippen molar-refractivity contribution in [3.8, 4) is 0 Å². The standard InChI is InChI=1S/C22H28FN5O3/c1-2-3-19(26-22(30)25-14-16-4-6-17(23)7-5-16)21(29)27-20-9-8-18(15-24-20)28-10-12-31-13-11-28/h4-9,15,19H,2-3,10-14H2,1H3,(H,24,27,29)(H2,25,26,30). The van der Waals surface area contributed by atoms with Crippen LogP contribution in [0.4, 0.5) is 20.7 Å². The van der Waals surface area contributed by atoms with Gasteiger partial charge in [-0.05, 0) is 36.2 Å². The molecule has 3 amide bonds. The highest BCUT2D eigenvalue weighted by Gasteiger charge is 2.20. The summed E-state index contributed by atoms with van der Waals surface area (Å²) in [7, 11) is 0. The molecule has 2 aromatic rings. The highest BCUT2D eigenvalue weighted by molar-refractivity contribution is 5.96. The molecule has 1 atom stereocenters. The lowest BCUT2D eigenvalue weighted by Gasteiger charge is -2.28. The number of hydrogen-bond acceptors (Lipinski definition) is 5. The number of anilines is 2. The summed E-state index contributed by atoms with van der Waals surface area (Å²) in [5.41, 5.74) is 1.74. The van der Waals surface area contributed by atoms with Gasteiger partial charge in [-0.25, -0.2) is 14.2 Å². The van der Waals surface area contributed by atoms with Crippen molar-refractivity contribution in [3.63, 3.8) is 0 Å². The number of hydrogen-bond donors (Lipinski definition) is 3. The van der Waals surface area contributed by atoms with Gasteiger partial charge in [-0.3, -0.25) is 4.79 Å². The highest BCUT2D eigenvalue weighted by Crippen LogP contribution is 2.16. The smallest absolute Gasteiger partial charge is 0.315 e. The van der Waals surface area contributed by atoms with Crippen LogP contribution in [0.2, 0.25) is 0 Å². The Morgan fingerprint density at radius 3 is 2.55 bits per heavy atom. The Balaban J connectivity index is 1.51. The lowest BCUT2D eigenvalue weighted by atomic mass is 10.1. The number of amides is 3. The number of benzene rings is 1. The quantitative estimate of drug-likeness (QED) is 0.600. The Kier molecular flexibility index (Phi) is 8.17. The first-order valence-electron chi connectivity index (χ1n) is 10.4. The number of ether oxygens (including phenoxy) is 1. The molecule has 9 heteroatoms.